The largest absolute Gasteiger partial charge is 0.302 e. The van der Waals surface area contributed by atoms with E-state index < -0.39 is 4.92 Å². The fraction of sp³-hybridized carbons (Fsp3) is 0.0667. The van der Waals surface area contributed by atoms with Crippen molar-refractivity contribution >= 4 is 51.0 Å². The molecule has 0 fully saturated rings. The highest BCUT2D eigenvalue weighted by molar-refractivity contribution is 7.16. The highest BCUT2D eigenvalue weighted by Gasteiger charge is 2.12. The van der Waals surface area contributed by atoms with Gasteiger partial charge in [-0.3, -0.25) is 14.9 Å². The molecule has 1 amide bonds. The molecule has 1 N–H and O–H groups in total. The van der Waals surface area contributed by atoms with Crippen LogP contribution in [-0.2, 0) is 11.2 Å². The van der Waals surface area contributed by atoms with Gasteiger partial charge < -0.3 is 5.32 Å². The summed E-state index contributed by atoms with van der Waals surface area (Å²) in [6.45, 7) is 0. The normalized spacial score (nSPS) is 10.5. The summed E-state index contributed by atoms with van der Waals surface area (Å²) in [5.74, 6) is -0.187. The second-order valence-corrected chi connectivity index (χ2v) is 7.43. The van der Waals surface area contributed by atoms with Crippen LogP contribution in [0, 0.1) is 10.1 Å². The Labute approximate surface area is 149 Å². The van der Waals surface area contributed by atoms with Gasteiger partial charge >= 0.3 is 0 Å². The maximum absolute atomic E-state index is 12.0. The van der Waals surface area contributed by atoms with Crippen molar-refractivity contribution in [1.29, 1.82) is 0 Å². The molecule has 2 heterocycles. The lowest BCUT2D eigenvalue weighted by atomic mass is 10.1. The third kappa shape index (κ3) is 3.97. The van der Waals surface area contributed by atoms with E-state index in [9.17, 15) is 14.9 Å². The van der Waals surface area contributed by atoms with Gasteiger partial charge in [-0.25, -0.2) is 4.98 Å². The molecule has 24 heavy (non-hydrogen) atoms. The molecule has 122 valence electrons. The van der Waals surface area contributed by atoms with E-state index in [0.29, 0.717) is 20.7 Å². The number of aromatic nitrogens is 1. The third-order valence-electron chi connectivity index (χ3n) is 3.07. The van der Waals surface area contributed by atoms with Crippen molar-refractivity contribution in [1.82, 2.24) is 4.98 Å². The number of non-ortho nitro benzene ring substituents is 1. The molecule has 9 heteroatoms. The zero-order valence-electron chi connectivity index (χ0n) is 12.1. The SMILES string of the molecule is O=C(Cc1ccc(Cl)s1)Nc1nc(-c2cccc([N+](=O)[O-])c2)cs1. The fourth-order valence-electron chi connectivity index (χ4n) is 2.01. The van der Waals surface area contributed by atoms with Gasteiger partial charge in [-0.1, -0.05) is 23.7 Å². The van der Waals surface area contributed by atoms with Gasteiger partial charge in [0.2, 0.25) is 5.91 Å². The Morgan fingerprint density at radius 1 is 1.33 bits per heavy atom. The zero-order valence-corrected chi connectivity index (χ0v) is 14.5. The molecule has 0 aliphatic carbocycles. The first kappa shape index (κ1) is 16.6. The van der Waals surface area contributed by atoms with Crippen LogP contribution in [0.15, 0.2) is 41.8 Å². The zero-order chi connectivity index (χ0) is 17.1. The fourth-order valence-corrected chi connectivity index (χ4v) is 3.83. The first-order valence-corrected chi connectivity index (χ1v) is 8.83. The molecule has 3 aromatic rings. The number of nitrogens with zero attached hydrogens (tertiary/aromatic N) is 2. The summed E-state index contributed by atoms with van der Waals surface area (Å²) in [5.41, 5.74) is 1.21. The Hall–Kier alpha value is -2.29. The van der Waals surface area contributed by atoms with Gasteiger partial charge in [0, 0.05) is 28.0 Å². The molecule has 1 aromatic carbocycles. The van der Waals surface area contributed by atoms with Crippen LogP contribution in [0.2, 0.25) is 4.34 Å². The number of carbonyl (C=O) groups is 1. The van der Waals surface area contributed by atoms with E-state index in [1.54, 1.807) is 23.6 Å². The monoisotopic (exact) mass is 379 g/mol. The molecule has 0 atom stereocenters. The van der Waals surface area contributed by atoms with Gasteiger partial charge in [-0.2, -0.15) is 0 Å². The van der Waals surface area contributed by atoms with Gasteiger partial charge in [-0.15, -0.1) is 22.7 Å². The molecular formula is C15H10ClN3O3S2. The lowest BCUT2D eigenvalue weighted by Gasteiger charge is -2.00. The molecular weight excluding hydrogens is 370 g/mol. The summed E-state index contributed by atoms with van der Waals surface area (Å²) < 4.78 is 0.639. The lowest BCUT2D eigenvalue weighted by Crippen LogP contribution is -2.13. The number of benzene rings is 1. The maximum atomic E-state index is 12.0. The Kier molecular flexibility index (Phi) is 4.89. The van der Waals surface area contributed by atoms with E-state index in [1.165, 1.54) is 34.8 Å². The molecule has 0 bridgehead atoms. The van der Waals surface area contributed by atoms with Gasteiger partial charge in [-0.05, 0) is 12.1 Å². The number of thiophene rings is 1. The number of nitro groups is 1. The highest BCUT2D eigenvalue weighted by Crippen LogP contribution is 2.28. The first-order chi connectivity index (χ1) is 11.5. The van der Waals surface area contributed by atoms with Crippen LogP contribution in [0.5, 0.6) is 0 Å². The van der Waals surface area contributed by atoms with E-state index >= 15 is 0 Å². The maximum Gasteiger partial charge on any atom is 0.270 e. The lowest BCUT2D eigenvalue weighted by molar-refractivity contribution is -0.384. The van der Waals surface area contributed by atoms with E-state index in [0.717, 1.165) is 4.88 Å². The van der Waals surface area contributed by atoms with Crippen molar-refractivity contribution < 1.29 is 9.72 Å². The Morgan fingerprint density at radius 2 is 2.17 bits per heavy atom. The van der Waals surface area contributed by atoms with Crippen molar-refractivity contribution in [2.75, 3.05) is 5.32 Å². The molecule has 0 radical (unpaired) electrons. The second-order valence-electron chi connectivity index (χ2n) is 4.78. The van der Waals surface area contributed by atoms with Crippen molar-refractivity contribution in [3.8, 4) is 11.3 Å². The van der Waals surface area contributed by atoms with Crippen molar-refractivity contribution in [3.63, 3.8) is 0 Å². The number of nitro benzene ring substituents is 1. The smallest absolute Gasteiger partial charge is 0.270 e. The molecule has 0 aliphatic heterocycles. The molecule has 0 unspecified atom stereocenters. The van der Waals surface area contributed by atoms with Crippen LogP contribution in [-0.4, -0.2) is 15.8 Å². The van der Waals surface area contributed by atoms with Crippen molar-refractivity contribution in [2.24, 2.45) is 0 Å². The summed E-state index contributed by atoms with van der Waals surface area (Å²) in [7, 11) is 0. The van der Waals surface area contributed by atoms with Crippen LogP contribution >= 0.6 is 34.3 Å². The molecule has 0 saturated heterocycles. The first-order valence-electron chi connectivity index (χ1n) is 6.75. The molecule has 0 saturated carbocycles. The summed E-state index contributed by atoms with van der Waals surface area (Å²) in [5, 5.41) is 15.8. The quantitative estimate of drug-likeness (QED) is 0.518. The van der Waals surface area contributed by atoms with E-state index in [4.69, 9.17) is 11.6 Å². The number of thiazole rings is 1. The number of hydrogen-bond acceptors (Lipinski definition) is 6. The van der Waals surface area contributed by atoms with Crippen LogP contribution in [0.25, 0.3) is 11.3 Å². The topological polar surface area (TPSA) is 85.1 Å². The number of nitrogens with one attached hydrogen (secondary N) is 1. The van der Waals surface area contributed by atoms with E-state index in [-0.39, 0.29) is 18.0 Å². The second kappa shape index (κ2) is 7.08. The minimum atomic E-state index is -0.454. The standard InChI is InChI=1S/C15H10ClN3O3S2/c16-13-5-4-11(24-13)7-14(20)18-15-17-12(8-23-15)9-2-1-3-10(6-9)19(21)22/h1-6,8H,7H2,(H,17,18,20). The van der Waals surface area contributed by atoms with Crippen molar-refractivity contribution in [2.45, 2.75) is 6.42 Å². The van der Waals surface area contributed by atoms with Crippen molar-refractivity contribution in [3.05, 3.63) is 61.1 Å². The predicted octanol–water partition coefficient (Wildman–Crippen LogP) is 4.61. The van der Waals surface area contributed by atoms with E-state index in [2.05, 4.69) is 10.3 Å². The molecule has 6 nitrogen and oxygen atoms in total. The number of amides is 1. The minimum absolute atomic E-state index is 0.000611. The molecule has 0 aliphatic rings. The summed E-state index contributed by atoms with van der Waals surface area (Å²) in [6, 6.07) is 9.77. The average Bonchev–Trinajstić information content (AvgIpc) is 3.16. The summed E-state index contributed by atoms with van der Waals surface area (Å²) >= 11 is 8.46. The highest BCUT2D eigenvalue weighted by atomic mass is 35.5. The molecule has 3 rings (SSSR count). The van der Waals surface area contributed by atoms with Gasteiger partial charge in [0.25, 0.3) is 5.69 Å². The average molecular weight is 380 g/mol. The van der Waals surface area contributed by atoms with Crippen LogP contribution in [0.4, 0.5) is 10.8 Å². The van der Waals surface area contributed by atoms with E-state index in [1.807, 2.05) is 6.07 Å². The van der Waals surface area contributed by atoms with Gasteiger partial charge in [0.05, 0.1) is 21.4 Å². The van der Waals surface area contributed by atoms with Crippen LogP contribution in [0.1, 0.15) is 4.88 Å². The Bertz CT molecular complexity index is 907. The number of halogens is 1. The summed E-state index contributed by atoms with van der Waals surface area (Å²) in [4.78, 5) is 27.6. The third-order valence-corrected chi connectivity index (χ3v) is 5.06. The van der Waals surface area contributed by atoms with Gasteiger partial charge in [0.15, 0.2) is 5.13 Å². The molecule has 2 aromatic heterocycles. The Balaban J connectivity index is 1.70. The Morgan fingerprint density at radius 3 is 2.88 bits per heavy atom. The number of hydrogen-bond donors (Lipinski definition) is 1. The number of carbonyl (C=O) groups excluding carboxylic acids is 1. The molecule has 0 spiro atoms. The number of rotatable bonds is 5. The summed E-state index contributed by atoms with van der Waals surface area (Å²) in [6.07, 6.45) is 0.225. The van der Waals surface area contributed by atoms with Crippen LogP contribution < -0.4 is 5.32 Å². The van der Waals surface area contributed by atoms with Crippen LogP contribution in [0.3, 0.4) is 0 Å². The predicted molar refractivity (Wildman–Crippen MR) is 95.9 cm³/mol. The van der Waals surface area contributed by atoms with Gasteiger partial charge in [0.1, 0.15) is 0 Å². The number of anilines is 1. The minimum Gasteiger partial charge on any atom is -0.302 e.